The number of hydrogen-bond donors (Lipinski definition) is 1. The molecule has 5 aromatic rings. The van der Waals surface area contributed by atoms with Crippen molar-refractivity contribution < 1.29 is 9.26 Å². The first-order chi connectivity index (χ1) is 16.5. The van der Waals surface area contributed by atoms with Crippen LogP contribution in [0.3, 0.4) is 0 Å². The van der Waals surface area contributed by atoms with Gasteiger partial charge in [0.1, 0.15) is 12.4 Å². The van der Waals surface area contributed by atoms with E-state index in [2.05, 4.69) is 21.7 Å². The summed E-state index contributed by atoms with van der Waals surface area (Å²) in [5, 5.41) is 1.85. The molecule has 1 N–H and O–H groups in total. The van der Waals surface area contributed by atoms with E-state index in [0.29, 0.717) is 28.9 Å². The number of rotatable bonds is 7. The molecule has 0 spiro atoms. The van der Waals surface area contributed by atoms with Crippen LogP contribution in [-0.4, -0.2) is 14.3 Å². The van der Waals surface area contributed by atoms with Gasteiger partial charge in [-0.3, -0.25) is 0 Å². The minimum atomic E-state index is -0.788. The third-order valence-corrected chi connectivity index (χ3v) is 6.20. The van der Waals surface area contributed by atoms with Gasteiger partial charge in [-0.25, -0.2) is 14.6 Å². The summed E-state index contributed by atoms with van der Waals surface area (Å²) in [4.78, 5) is 25.6. The van der Waals surface area contributed by atoms with Gasteiger partial charge in [-0.15, -0.1) is 4.74 Å². The maximum Gasteiger partial charge on any atom is 0.440 e. The van der Waals surface area contributed by atoms with Crippen LogP contribution in [0.25, 0.3) is 10.9 Å². The molecule has 9 heteroatoms. The number of aromatic amines is 1. The average molecular weight is 496 g/mol. The van der Waals surface area contributed by atoms with Crippen molar-refractivity contribution in [3.63, 3.8) is 0 Å². The Balaban J connectivity index is 1.49. The summed E-state index contributed by atoms with van der Waals surface area (Å²) < 4.78 is 14.1. The fraction of sp³-hybridized carbons (Fsp3) is 0.120. The van der Waals surface area contributed by atoms with Crippen molar-refractivity contribution in [2.45, 2.75) is 19.7 Å². The molecule has 0 radical (unpaired) electrons. The van der Waals surface area contributed by atoms with Crippen LogP contribution in [0.15, 0.2) is 87.0 Å². The number of ether oxygens (including phenoxy) is 1. The lowest BCUT2D eigenvalue weighted by atomic mass is 10.1. The van der Waals surface area contributed by atoms with Crippen molar-refractivity contribution >= 4 is 34.1 Å². The highest BCUT2D eigenvalue weighted by molar-refractivity contribution is 6.42. The second-order valence-corrected chi connectivity index (χ2v) is 8.64. The van der Waals surface area contributed by atoms with Crippen LogP contribution < -0.4 is 16.2 Å². The van der Waals surface area contributed by atoms with Gasteiger partial charge in [-0.2, -0.15) is 0 Å². The van der Waals surface area contributed by atoms with Gasteiger partial charge in [-0.1, -0.05) is 59.6 Å². The van der Waals surface area contributed by atoms with Crippen LogP contribution in [0.5, 0.6) is 5.75 Å². The highest BCUT2D eigenvalue weighted by Gasteiger charge is 2.14. The van der Waals surface area contributed by atoms with E-state index in [1.807, 2.05) is 48.7 Å². The Kier molecular flexibility index (Phi) is 6.04. The van der Waals surface area contributed by atoms with Gasteiger partial charge in [0.15, 0.2) is 0 Å². The largest absolute Gasteiger partial charge is 0.489 e. The number of nitrogens with one attached hydrogen (secondary N) is 1. The smallest absolute Gasteiger partial charge is 0.440 e. The van der Waals surface area contributed by atoms with Gasteiger partial charge in [-0.05, 0) is 41.5 Å². The van der Waals surface area contributed by atoms with E-state index in [4.69, 9.17) is 32.5 Å². The van der Waals surface area contributed by atoms with Crippen LogP contribution in [-0.2, 0) is 19.7 Å². The Bertz CT molecular complexity index is 1580. The van der Waals surface area contributed by atoms with E-state index in [9.17, 15) is 9.59 Å². The lowest BCUT2D eigenvalue weighted by Gasteiger charge is -2.09. The minimum absolute atomic E-state index is 0.103. The van der Waals surface area contributed by atoms with Gasteiger partial charge < -0.3 is 13.8 Å². The lowest BCUT2D eigenvalue weighted by molar-refractivity contribution is 0.258. The predicted molar refractivity (Wildman–Crippen MR) is 131 cm³/mol. The van der Waals surface area contributed by atoms with Crippen LogP contribution in [0.2, 0.25) is 10.0 Å². The molecule has 172 valence electrons. The molecule has 0 atom stereocenters. The summed E-state index contributed by atoms with van der Waals surface area (Å²) in [7, 11) is 0. The number of benzene rings is 3. The van der Waals surface area contributed by atoms with Gasteiger partial charge in [0.05, 0.1) is 16.6 Å². The normalized spacial score (nSPS) is 11.2. The number of H-pyrrole nitrogens is 1. The van der Waals surface area contributed by atoms with Crippen molar-refractivity contribution in [1.29, 1.82) is 0 Å². The molecule has 5 rings (SSSR count). The van der Waals surface area contributed by atoms with E-state index in [1.54, 1.807) is 12.1 Å². The molecular weight excluding hydrogens is 477 g/mol. The number of hydrogen-bond acceptors (Lipinski definition) is 4. The van der Waals surface area contributed by atoms with Crippen LogP contribution >= 0.6 is 23.2 Å². The van der Waals surface area contributed by atoms with E-state index < -0.39 is 11.4 Å². The number of aromatic nitrogens is 3. The second kappa shape index (κ2) is 9.29. The molecule has 2 aromatic heterocycles. The molecule has 0 aliphatic heterocycles. The average Bonchev–Trinajstić information content (AvgIpc) is 3.33. The molecule has 7 nitrogen and oxygen atoms in total. The van der Waals surface area contributed by atoms with Gasteiger partial charge in [0, 0.05) is 29.2 Å². The molecule has 3 aromatic carbocycles. The van der Waals surface area contributed by atoms with Gasteiger partial charge >= 0.3 is 11.4 Å². The molecular formula is C25H19Cl2N3O4. The van der Waals surface area contributed by atoms with E-state index in [1.165, 1.54) is 0 Å². The van der Waals surface area contributed by atoms with Crippen molar-refractivity contribution in [3.8, 4) is 5.75 Å². The zero-order valence-electron chi connectivity index (χ0n) is 17.8. The van der Waals surface area contributed by atoms with Crippen molar-refractivity contribution in [3.05, 3.63) is 121 Å². The number of halogens is 2. The first kappa shape index (κ1) is 22.1. The maximum absolute atomic E-state index is 12.0. The van der Waals surface area contributed by atoms with E-state index >= 15 is 0 Å². The zero-order valence-corrected chi connectivity index (χ0v) is 19.3. The quantitative estimate of drug-likeness (QED) is 0.341. The number of fused-ring (bicyclic) bond motifs is 1. The first-order valence-electron chi connectivity index (χ1n) is 10.5. The molecule has 34 heavy (non-hydrogen) atoms. The standard InChI is InChI=1S/C25H19Cl2N3O4/c26-21-8-6-17(10-22(21)27)15-33-19-7-9-23-20(11-19)18(14-30-24(31)28-25(32)34-30)13-29(23)12-16-4-2-1-3-5-16/h1-11,13H,12,14-15H2,(H,28,31,32). The summed E-state index contributed by atoms with van der Waals surface area (Å²) in [5.41, 5.74) is 3.21. The fourth-order valence-electron chi connectivity index (χ4n) is 3.85. The lowest BCUT2D eigenvalue weighted by Crippen LogP contribution is -2.17. The molecule has 0 saturated carbocycles. The summed E-state index contributed by atoms with van der Waals surface area (Å²) in [5.74, 6) is -0.135. The number of nitrogens with zero attached hydrogens (tertiary/aromatic N) is 2. The Morgan fingerprint density at radius 3 is 2.44 bits per heavy atom. The van der Waals surface area contributed by atoms with Crippen LogP contribution in [0.4, 0.5) is 0 Å². The summed E-state index contributed by atoms with van der Waals surface area (Å²) >= 11 is 12.1. The Hall–Kier alpha value is -3.68. The Morgan fingerprint density at radius 1 is 0.882 bits per heavy atom. The third kappa shape index (κ3) is 4.66. The Morgan fingerprint density at radius 2 is 1.71 bits per heavy atom. The topological polar surface area (TPSA) is 82.2 Å². The fourth-order valence-corrected chi connectivity index (χ4v) is 4.17. The molecule has 0 saturated heterocycles. The second-order valence-electron chi connectivity index (χ2n) is 7.83. The van der Waals surface area contributed by atoms with Crippen molar-refractivity contribution in [2.24, 2.45) is 0 Å². The van der Waals surface area contributed by atoms with E-state index in [0.717, 1.165) is 32.3 Å². The first-order valence-corrected chi connectivity index (χ1v) is 11.2. The van der Waals surface area contributed by atoms with Crippen molar-refractivity contribution in [2.75, 3.05) is 0 Å². The molecule has 2 heterocycles. The SMILES string of the molecule is O=c1[nH]c(=O)n(Cc2cn(Cc3ccccc3)c3ccc(OCc4ccc(Cl)c(Cl)c4)cc23)o1. The van der Waals surface area contributed by atoms with E-state index in [-0.39, 0.29) is 6.54 Å². The monoisotopic (exact) mass is 495 g/mol. The van der Waals surface area contributed by atoms with Gasteiger partial charge in [0.2, 0.25) is 0 Å². The highest BCUT2D eigenvalue weighted by Crippen LogP contribution is 2.29. The molecule has 0 aliphatic carbocycles. The Labute approximate surface area is 203 Å². The summed E-state index contributed by atoms with van der Waals surface area (Å²) in [6, 6.07) is 21.2. The summed E-state index contributed by atoms with van der Waals surface area (Å²) in [6.45, 7) is 1.06. The molecule has 0 amide bonds. The zero-order chi connectivity index (χ0) is 23.7. The predicted octanol–water partition coefficient (Wildman–Crippen LogP) is 5.07. The highest BCUT2D eigenvalue weighted by atomic mass is 35.5. The molecule has 0 fully saturated rings. The van der Waals surface area contributed by atoms with Gasteiger partial charge in [0.25, 0.3) is 0 Å². The maximum atomic E-state index is 12.0. The van der Waals surface area contributed by atoms with Crippen LogP contribution in [0, 0.1) is 0 Å². The molecule has 0 aliphatic rings. The molecule has 0 unspecified atom stereocenters. The van der Waals surface area contributed by atoms with Crippen LogP contribution in [0.1, 0.15) is 16.7 Å². The van der Waals surface area contributed by atoms with Crippen molar-refractivity contribution in [1.82, 2.24) is 14.3 Å². The minimum Gasteiger partial charge on any atom is -0.489 e. The summed E-state index contributed by atoms with van der Waals surface area (Å²) in [6.07, 6.45) is 1.96. The molecule has 0 bridgehead atoms. The third-order valence-electron chi connectivity index (χ3n) is 5.46.